The number of aliphatic hydroxyl groups is 1. The van der Waals surface area contributed by atoms with Crippen LogP contribution in [0.25, 0.3) is 0 Å². The van der Waals surface area contributed by atoms with Crippen LogP contribution in [0.3, 0.4) is 0 Å². The highest BCUT2D eigenvalue weighted by Gasteiger charge is 2.52. The first-order valence-electron chi connectivity index (χ1n) is 7.66. The highest BCUT2D eigenvalue weighted by molar-refractivity contribution is 5.94. The zero-order valence-corrected chi connectivity index (χ0v) is 12.7. The Morgan fingerprint density at radius 2 is 2.38 bits per heavy atom. The SMILES string of the molecule is CCn1cc(C(=O)N2CC[C@]3(OC)CC[C@@H](O)C[C@H]23)cn1. The summed E-state index contributed by atoms with van der Waals surface area (Å²) < 4.78 is 7.52. The third-order valence-electron chi connectivity index (χ3n) is 5.03. The van der Waals surface area contributed by atoms with Gasteiger partial charge in [-0.3, -0.25) is 9.48 Å². The molecular formula is C15H23N3O3. The summed E-state index contributed by atoms with van der Waals surface area (Å²) in [4.78, 5) is 14.6. The lowest BCUT2D eigenvalue weighted by Gasteiger charge is -2.42. The summed E-state index contributed by atoms with van der Waals surface area (Å²) in [6.45, 7) is 3.42. The number of hydrogen-bond donors (Lipinski definition) is 1. The van der Waals surface area contributed by atoms with Crippen LogP contribution in [0, 0.1) is 0 Å². The minimum Gasteiger partial charge on any atom is -0.393 e. The van der Waals surface area contributed by atoms with Gasteiger partial charge in [0.05, 0.1) is 29.5 Å². The normalized spacial score (nSPS) is 32.2. The maximum atomic E-state index is 12.7. The summed E-state index contributed by atoms with van der Waals surface area (Å²) in [7, 11) is 1.72. The van der Waals surface area contributed by atoms with E-state index >= 15 is 0 Å². The predicted molar refractivity (Wildman–Crippen MR) is 76.9 cm³/mol. The van der Waals surface area contributed by atoms with Gasteiger partial charge in [-0.1, -0.05) is 0 Å². The fraction of sp³-hybridized carbons (Fsp3) is 0.733. The number of methoxy groups -OCH3 is 1. The summed E-state index contributed by atoms with van der Waals surface area (Å²) in [6, 6.07) is -0.0382. The quantitative estimate of drug-likeness (QED) is 0.904. The van der Waals surface area contributed by atoms with Crippen molar-refractivity contribution in [2.75, 3.05) is 13.7 Å². The van der Waals surface area contributed by atoms with Crippen molar-refractivity contribution in [3.8, 4) is 0 Å². The van der Waals surface area contributed by atoms with Gasteiger partial charge in [0.1, 0.15) is 0 Å². The van der Waals surface area contributed by atoms with Gasteiger partial charge in [0.25, 0.3) is 5.91 Å². The molecule has 1 saturated heterocycles. The molecular weight excluding hydrogens is 270 g/mol. The molecule has 116 valence electrons. The Bertz CT molecular complexity index is 530. The molecule has 2 aliphatic rings. The number of fused-ring (bicyclic) bond motifs is 1. The highest BCUT2D eigenvalue weighted by Crippen LogP contribution is 2.42. The fourth-order valence-corrected chi connectivity index (χ4v) is 3.73. The van der Waals surface area contributed by atoms with Gasteiger partial charge in [0.15, 0.2) is 0 Å². The molecule has 1 N–H and O–H groups in total. The highest BCUT2D eigenvalue weighted by atomic mass is 16.5. The summed E-state index contributed by atoms with van der Waals surface area (Å²) in [6.07, 6.45) is 6.07. The van der Waals surface area contributed by atoms with E-state index < -0.39 is 0 Å². The second-order valence-electron chi connectivity index (χ2n) is 6.05. The number of nitrogens with zero attached hydrogens (tertiary/aromatic N) is 3. The lowest BCUT2D eigenvalue weighted by atomic mass is 9.79. The standard InChI is InChI=1S/C15H23N3O3/c1-3-17-10-11(9-16-17)14(20)18-7-6-15(21-2)5-4-12(19)8-13(15)18/h9-10,12-13,19H,3-8H2,1-2H3/t12-,13+,15-/m1/s1. The first-order chi connectivity index (χ1) is 10.1. The van der Waals surface area contributed by atoms with Crippen LogP contribution in [0.15, 0.2) is 12.4 Å². The minimum atomic E-state index is -0.343. The van der Waals surface area contributed by atoms with Crippen molar-refractivity contribution in [1.29, 1.82) is 0 Å². The van der Waals surface area contributed by atoms with Crippen molar-refractivity contribution < 1.29 is 14.6 Å². The van der Waals surface area contributed by atoms with E-state index in [0.29, 0.717) is 18.5 Å². The van der Waals surface area contributed by atoms with E-state index in [1.807, 2.05) is 11.8 Å². The number of aromatic nitrogens is 2. The van der Waals surface area contributed by atoms with E-state index in [0.717, 1.165) is 25.8 Å². The van der Waals surface area contributed by atoms with Gasteiger partial charge in [0, 0.05) is 26.4 Å². The number of likely N-dealkylation sites (tertiary alicyclic amines) is 1. The summed E-state index contributed by atoms with van der Waals surface area (Å²) in [5.41, 5.74) is 0.333. The molecule has 0 bridgehead atoms. The van der Waals surface area contributed by atoms with Gasteiger partial charge in [-0.2, -0.15) is 5.10 Å². The van der Waals surface area contributed by atoms with Gasteiger partial charge in [-0.15, -0.1) is 0 Å². The Morgan fingerprint density at radius 1 is 1.57 bits per heavy atom. The predicted octanol–water partition coefficient (Wildman–Crippen LogP) is 1.05. The molecule has 0 aromatic carbocycles. The molecule has 3 rings (SSSR count). The molecule has 1 aliphatic heterocycles. The zero-order valence-electron chi connectivity index (χ0n) is 12.7. The molecule has 6 nitrogen and oxygen atoms in total. The second kappa shape index (κ2) is 5.42. The van der Waals surface area contributed by atoms with Gasteiger partial charge in [-0.05, 0) is 32.6 Å². The van der Waals surface area contributed by atoms with Gasteiger partial charge >= 0.3 is 0 Å². The summed E-state index contributed by atoms with van der Waals surface area (Å²) >= 11 is 0. The molecule has 1 aliphatic carbocycles. The molecule has 1 saturated carbocycles. The van der Waals surface area contributed by atoms with E-state index in [1.54, 1.807) is 24.2 Å². The first kappa shape index (κ1) is 14.5. The van der Waals surface area contributed by atoms with E-state index in [4.69, 9.17) is 4.74 Å². The molecule has 6 heteroatoms. The average molecular weight is 293 g/mol. The lowest BCUT2D eigenvalue weighted by molar-refractivity contribution is -0.0824. The average Bonchev–Trinajstić information content (AvgIpc) is 3.11. The topological polar surface area (TPSA) is 67.6 Å². The van der Waals surface area contributed by atoms with Crippen LogP contribution >= 0.6 is 0 Å². The lowest BCUT2D eigenvalue weighted by Crippen LogP contribution is -2.52. The van der Waals surface area contributed by atoms with Crippen LogP contribution in [0.2, 0.25) is 0 Å². The third-order valence-corrected chi connectivity index (χ3v) is 5.03. The van der Waals surface area contributed by atoms with Crippen molar-refractivity contribution in [3.63, 3.8) is 0 Å². The van der Waals surface area contributed by atoms with Gasteiger partial charge in [-0.25, -0.2) is 0 Å². The summed E-state index contributed by atoms with van der Waals surface area (Å²) in [5, 5.41) is 14.1. The smallest absolute Gasteiger partial charge is 0.257 e. The second-order valence-corrected chi connectivity index (χ2v) is 6.05. The molecule has 1 amide bonds. The Labute approximate surface area is 124 Å². The van der Waals surface area contributed by atoms with E-state index in [1.165, 1.54) is 0 Å². The molecule has 3 atom stereocenters. The number of rotatable bonds is 3. The van der Waals surface area contributed by atoms with Crippen molar-refractivity contribution >= 4 is 5.91 Å². The van der Waals surface area contributed by atoms with Crippen LogP contribution < -0.4 is 0 Å². The Balaban J connectivity index is 1.83. The molecule has 0 radical (unpaired) electrons. The Kier molecular flexibility index (Phi) is 3.75. The molecule has 1 aromatic heterocycles. The van der Waals surface area contributed by atoms with E-state index in [2.05, 4.69) is 5.10 Å². The first-order valence-corrected chi connectivity index (χ1v) is 7.66. The number of amides is 1. The number of hydrogen-bond acceptors (Lipinski definition) is 4. The summed E-state index contributed by atoms with van der Waals surface area (Å²) in [5.74, 6) is -0.00674. The van der Waals surface area contributed by atoms with E-state index in [9.17, 15) is 9.90 Å². The third kappa shape index (κ3) is 2.36. The zero-order chi connectivity index (χ0) is 15.0. The number of carbonyl (C=O) groups is 1. The van der Waals surface area contributed by atoms with Crippen molar-refractivity contribution in [1.82, 2.24) is 14.7 Å². The van der Waals surface area contributed by atoms with Gasteiger partial charge in [0.2, 0.25) is 0 Å². The Hall–Kier alpha value is -1.40. The molecule has 0 unspecified atom stereocenters. The Morgan fingerprint density at radius 3 is 3.05 bits per heavy atom. The van der Waals surface area contributed by atoms with Crippen molar-refractivity contribution in [2.45, 2.75) is 56.9 Å². The van der Waals surface area contributed by atoms with Gasteiger partial charge < -0.3 is 14.7 Å². The van der Waals surface area contributed by atoms with Crippen LogP contribution in [-0.4, -0.2) is 57.1 Å². The monoisotopic (exact) mass is 293 g/mol. The minimum absolute atomic E-state index is 0.00674. The van der Waals surface area contributed by atoms with Crippen molar-refractivity contribution in [3.05, 3.63) is 18.0 Å². The largest absolute Gasteiger partial charge is 0.393 e. The number of aryl methyl sites for hydroxylation is 1. The van der Waals surface area contributed by atoms with Crippen LogP contribution in [0.4, 0.5) is 0 Å². The number of carbonyl (C=O) groups excluding carboxylic acids is 1. The number of ether oxygens (including phenoxy) is 1. The van der Waals surface area contributed by atoms with Crippen LogP contribution in [0.1, 0.15) is 43.0 Å². The number of aliphatic hydroxyl groups excluding tert-OH is 1. The fourth-order valence-electron chi connectivity index (χ4n) is 3.73. The molecule has 0 spiro atoms. The van der Waals surface area contributed by atoms with E-state index in [-0.39, 0.29) is 23.7 Å². The maximum absolute atomic E-state index is 12.7. The molecule has 2 fully saturated rings. The maximum Gasteiger partial charge on any atom is 0.257 e. The van der Waals surface area contributed by atoms with Crippen LogP contribution in [-0.2, 0) is 11.3 Å². The van der Waals surface area contributed by atoms with Crippen molar-refractivity contribution in [2.24, 2.45) is 0 Å². The molecule has 1 aromatic rings. The van der Waals surface area contributed by atoms with Crippen LogP contribution in [0.5, 0.6) is 0 Å². The molecule has 2 heterocycles. The molecule has 21 heavy (non-hydrogen) atoms.